The van der Waals surface area contributed by atoms with E-state index in [0.29, 0.717) is 0 Å². The SMILES string of the molecule is c1ccc(-n2c3ccccc3c3ccccc32)c(N(c2cc(-c3ccc4ccccc4c3)ccc2-c2ccc3ccccc3c2)c2cccc3ccccc23)c1. The number of fused-ring (bicyclic) bond motifs is 6. The molecule has 0 saturated heterocycles. The summed E-state index contributed by atoms with van der Waals surface area (Å²) in [5.74, 6) is 0. The number of para-hydroxylation sites is 4. The molecule has 0 spiro atoms. The summed E-state index contributed by atoms with van der Waals surface area (Å²) >= 11 is 0. The van der Waals surface area contributed by atoms with E-state index >= 15 is 0 Å². The van der Waals surface area contributed by atoms with Gasteiger partial charge in [0.2, 0.25) is 0 Å². The van der Waals surface area contributed by atoms with Crippen LogP contribution in [0.1, 0.15) is 0 Å². The summed E-state index contributed by atoms with van der Waals surface area (Å²) in [5.41, 5.74) is 11.5. The van der Waals surface area contributed by atoms with Crippen LogP contribution in [0.25, 0.3) is 82.1 Å². The van der Waals surface area contributed by atoms with Crippen LogP contribution < -0.4 is 4.90 Å². The summed E-state index contributed by atoms with van der Waals surface area (Å²) in [4.78, 5) is 2.51. The fourth-order valence-electron chi connectivity index (χ4n) is 8.68. The number of rotatable bonds is 6. The Balaban J connectivity index is 1.25. The standard InChI is InChI=1S/C54H36N2/c1-3-17-40-34-42(30-28-37(40)14-1)43-32-33-46(44-31-29-38-15-2-4-18-41(38)35-44)54(36-43)56(49-27-13-19-39-16-5-6-20-45(39)49)53-26-12-11-25-52(53)55-50-23-9-7-21-47(50)48-22-8-10-24-51(48)55/h1-36H. The third-order valence-electron chi connectivity index (χ3n) is 11.3. The van der Waals surface area contributed by atoms with Crippen LogP contribution in [0.4, 0.5) is 17.1 Å². The summed E-state index contributed by atoms with van der Waals surface area (Å²) in [6.45, 7) is 0. The van der Waals surface area contributed by atoms with Crippen molar-refractivity contribution >= 4 is 71.2 Å². The second-order valence-electron chi connectivity index (χ2n) is 14.5. The topological polar surface area (TPSA) is 8.17 Å². The van der Waals surface area contributed by atoms with Gasteiger partial charge in [-0.2, -0.15) is 0 Å². The lowest BCUT2D eigenvalue weighted by Gasteiger charge is -2.31. The third kappa shape index (κ3) is 5.26. The molecule has 11 aromatic rings. The molecule has 0 N–H and O–H groups in total. The highest BCUT2D eigenvalue weighted by Gasteiger charge is 2.24. The van der Waals surface area contributed by atoms with Crippen LogP contribution in [-0.4, -0.2) is 4.57 Å². The first kappa shape index (κ1) is 32.0. The Kier molecular flexibility index (Phi) is 7.53. The minimum atomic E-state index is 1.09. The van der Waals surface area contributed by atoms with Crippen LogP contribution in [-0.2, 0) is 0 Å². The van der Waals surface area contributed by atoms with E-state index < -0.39 is 0 Å². The number of anilines is 3. The van der Waals surface area contributed by atoms with Gasteiger partial charge in [0.1, 0.15) is 0 Å². The molecule has 0 fully saturated rings. The molecule has 1 aromatic heterocycles. The molecule has 2 heteroatoms. The molecule has 56 heavy (non-hydrogen) atoms. The second kappa shape index (κ2) is 13.2. The van der Waals surface area contributed by atoms with Crippen molar-refractivity contribution in [3.05, 3.63) is 218 Å². The number of aromatic nitrogens is 1. The van der Waals surface area contributed by atoms with E-state index in [1.165, 1.54) is 65.3 Å². The summed E-state index contributed by atoms with van der Waals surface area (Å²) in [7, 11) is 0. The van der Waals surface area contributed by atoms with Crippen LogP contribution in [0.5, 0.6) is 0 Å². The lowest BCUT2D eigenvalue weighted by molar-refractivity contribution is 1.15. The average Bonchev–Trinajstić information content (AvgIpc) is 3.60. The van der Waals surface area contributed by atoms with Gasteiger partial charge in [0.05, 0.1) is 33.8 Å². The van der Waals surface area contributed by atoms with Gasteiger partial charge < -0.3 is 9.47 Å². The zero-order valence-electron chi connectivity index (χ0n) is 30.7. The van der Waals surface area contributed by atoms with Gasteiger partial charge in [-0.15, -0.1) is 0 Å². The Morgan fingerprint density at radius 2 is 0.768 bits per heavy atom. The van der Waals surface area contributed by atoms with Gasteiger partial charge in [0.25, 0.3) is 0 Å². The molecule has 11 rings (SSSR count). The third-order valence-corrected chi connectivity index (χ3v) is 11.3. The van der Waals surface area contributed by atoms with Crippen LogP contribution in [0, 0.1) is 0 Å². The maximum absolute atomic E-state index is 2.51. The molecule has 0 aliphatic carbocycles. The lowest BCUT2D eigenvalue weighted by atomic mass is 9.94. The van der Waals surface area contributed by atoms with Crippen molar-refractivity contribution in [2.45, 2.75) is 0 Å². The molecule has 0 unspecified atom stereocenters. The smallest absolute Gasteiger partial charge is 0.0702 e. The summed E-state index contributed by atoms with van der Waals surface area (Å²) in [6.07, 6.45) is 0. The van der Waals surface area contributed by atoms with Gasteiger partial charge in [-0.05, 0) is 92.2 Å². The van der Waals surface area contributed by atoms with E-state index in [-0.39, 0.29) is 0 Å². The summed E-state index contributed by atoms with van der Waals surface area (Å²) in [6, 6.07) is 79.8. The van der Waals surface area contributed by atoms with Crippen molar-refractivity contribution < 1.29 is 0 Å². The zero-order valence-corrected chi connectivity index (χ0v) is 30.7. The van der Waals surface area contributed by atoms with Gasteiger partial charge in [-0.25, -0.2) is 0 Å². The van der Waals surface area contributed by atoms with E-state index in [0.717, 1.165) is 33.9 Å². The van der Waals surface area contributed by atoms with Crippen LogP contribution in [0.3, 0.4) is 0 Å². The maximum atomic E-state index is 2.51. The van der Waals surface area contributed by atoms with Gasteiger partial charge >= 0.3 is 0 Å². The number of benzene rings is 10. The van der Waals surface area contributed by atoms with E-state index in [1.54, 1.807) is 0 Å². The molecule has 0 bridgehead atoms. The monoisotopic (exact) mass is 712 g/mol. The van der Waals surface area contributed by atoms with E-state index in [1.807, 2.05) is 0 Å². The molecular formula is C54H36N2. The molecular weight excluding hydrogens is 677 g/mol. The van der Waals surface area contributed by atoms with Crippen molar-refractivity contribution in [3.63, 3.8) is 0 Å². The molecule has 1 heterocycles. The molecule has 2 nitrogen and oxygen atoms in total. The first-order valence-electron chi connectivity index (χ1n) is 19.3. The lowest BCUT2D eigenvalue weighted by Crippen LogP contribution is -2.15. The van der Waals surface area contributed by atoms with E-state index in [2.05, 4.69) is 228 Å². The van der Waals surface area contributed by atoms with Gasteiger partial charge in [-0.3, -0.25) is 0 Å². The number of hydrogen-bond acceptors (Lipinski definition) is 1. The quantitative estimate of drug-likeness (QED) is 0.167. The summed E-state index contributed by atoms with van der Waals surface area (Å²) in [5, 5.41) is 9.78. The normalized spacial score (nSPS) is 11.6. The maximum Gasteiger partial charge on any atom is 0.0702 e. The Morgan fingerprint density at radius 3 is 1.48 bits per heavy atom. The van der Waals surface area contributed by atoms with Crippen LogP contribution >= 0.6 is 0 Å². The minimum Gasteiger partial charge on any atom is -0.307 e. The molecule has 0 atom stereocenters. The van der Waals surface area contributed by atoms with Gasteiger partial charge in [-0.1, -0.05) is 170 Å². The van der Waals surface area contributed by atoms with Crippen molar-refractivity contribution in [2.75, 3.05) is 4.90 Å². The van der Waals surface area contributed by atoms with E-state index in [9.17, 15) is 0 Å². The summed E-state index contributed by atoms with van der Waals surface area (Å²) < 4.78 is 2.45. The Hall–Kier alpha value is -7.42. The minimum absolute atomic E-state index is 1.09. The molecule has 10 aromatic carbocycles. The van der Waals surface area contributed by atoms with Crippen molar-refractivity contribution in [1.82, 2.24) is 4.57 Å². The molecule has 262 valence electrons. The first-order chi connectivity index (χ1) is 27.8. The molecule has 0 amide bonds. The predicted octanol–water partition coefficient (Wildman–Crippen LogP) is 15.0. The Labute approximate surface area is 325 Å². The average molecular weight is 713 g/mol. The highest BCUT2D eigenvalue weighted by Crippen LogP contribution is 2.48. The molecule has 0 aliphatic rings. The van der Waals surface area contributed by atoms with E-state index in [4.69, 9.17) is 0 Å². The molecule has 0 aliphatic heterocycles. The van der Waals surface area contributed by atoms with Gasteiger partial charge in [0, 0.05) is 21.7 Å². The highest BCUT2D eigenvalue weighted by molar-refractivity contribution is 6.10. The largest absolute Gasteiger partial charge is 0.307 e. The Morgan fingerprint density at radius 1 is 0.286 bits per heavy atom. The van der Waals surface area contributed by atoms with Crippen molar-refractivity contribution in [2.24, 2.45) is 0 Å². The predicted molar refractivity (Wildman–Crippen MR) is 239 cm³/mol. The number of nitrogens with zero attached hydrogens (tertiary/aromatic N) is 2. The highest BCUT2D eigenvalue weighted by atomic mass is 15.2. The molecule has 0 radical (unpaired) electrons. The molecule has 0 saturated carbocycles. The van der Waals surface area contributed by atoms with Crippen molar-refractivity contribution in [1.29, 1.82) is 0 Å². The fraction of sp³-hybridized carbons (Fsp3) is 0. The fourth-order valence-corrected chi connectivity index (χ4v) is 8.68. The second-order valence-corrected chi connectivity index (χ2v) is 14.5. The Bertz CT molecular complexity index is 3220. The first-order valence-corrected chi connectivity index (χ1v) is 19.3. The van der Waals surface area contributed by atoms with Crippen molar-refractivity contribution in [3.8, 4) is 27.9 Å². The van der Waals surface area contributed by atoms with Crippen LogP contribution in [0.2, 0.25) is 0 Å². The van der Waals surface area contributed by atoms with Crippen LogP contribution in [0.15, 0.2) is 218 Å². The number of hydrogen-bond donors (Lipinski definition) is 0. The zero-order chi connectivity index (χ0) is 37.0. The van der Waals surface area contributed by atoms with Gasteiger partial charge in [0.15, 0.2) is 0 Å².